The summed E-state index contributed by atoms with van der Waals surface area (Å²) in [4.78, 5) is 20.1. The van der Waals surface area contributed by atoms with Crippen molar-refractivity contribution < 1.29 is 4.79 Å². The molecule has 0 spiro atoms. The normalized spacial score (nSPS) is 14.8. The number of carbonyl (C=O) groups is 1. The zero-order valence-electron chi connectivity index (χ0n) is 14.2. The van der Waals surface area contributed by atoms with Crippen LogP contribution in [0.1, 0.15) is 5.56 Å². The van der Waals surface area contributed by atoms with E-state index in [4.69, 9.17) is 23.2 Å². The Kier molecular flexibility index (Phi) is 4.79. The Hall–Kier alpha value is -2.17. The van der Waals surface area contributed by atoms with E-state index in [1.807, 2.05) is 47.5 Å². The lowest BCUT2D eigenvalue weighted by Gasteiger charge is -2.36. The Bertz CT molecular complexity index is 945. The molecule has 0 saturated carbocycles. The maximum absolute atomic E-state index is 12.7. The first kappa shape index (κ1) is 17.3. The van der Waals surface area contributed by atoms with Crippen molar-refractivity contribution in [2.75, 3.05) is 31.1 Å². The van der Waals surface area contributed by atoms with Crippen molar-refractivity contribution in [3.63, 3.8) is 0 Å². The van der Waals surface area contributed by atoms with E-state index in [1.54, 1.807) is 0 Å². The van der Waals surface area contributed by atoms with E-state index in [-0.39, 0.29) is 5.91 Å². The summed E-state index contributed by atoms with van der Waals surface area (Å²) in [6.45, 7) is 3.06. The van der Waals surface area contributed by atoms with Crippen LogP contribution in [0, 0.1) is 0 Å². The topological polar surface area (TPSA) is 39.3 Å². The minimum Gasteiger partial charge on any atom is -0.368 e. The van der Waals surface area contributed by atoms with Gasteiger partial charge in [0, 0.05) is 59.0 Å². The second kappa shape index (κ2) is 7.22. The van der Waals surface area contributed by atoms with Gasteiger partial charge in [-0.15, -0.1) is 0 Å². The van der Waals surface area contributed by atoms with Gasteiger partial charge in [0.05, 0.1) is 6.42 Å². The van der Waals surface area contributed by atoms with E-state index in [1.165, 1.54) is 0 Å². The van der Waals surface area contributed by atoms with Crippen LogP contribution in [0.15, 0.2) is 48.7 Å². The molecule has 134 valence electrons. The van der Waals surface area contributed by atoms with Crippen LogP contribution >= 0.6 is 23.2 Å². The van der Waals surface area contributed by atoms with Gasteiger partial charge >= 0.3 is 0 Å². The fourth-order valence-corrected chi connectivity index (χ4v) is 3.82. The molecular formula is C20H19Cl2N3O. The van der Waals surface area contributed by atoms with Crippen LogP contribution < -0.4 is 4.90 Å². The number of nitrogens with zero attached hydrogens (tertiary/aromatic N) is 2. The highest BCUT2D eigenvalue weighted by Gasteiger charge is 2.22. The van der Waals surface area contributed by atoms with Crippen molar-refractivity contribution >= 4 is 45.7 Å². The van der Waals surface area contributed by atoms with Crippen LogP contribution in [0.4, 0.5) is 5.69 Å². The van der Waals surface area contributed by atoms with Crippen LogP contribution in [0.25, 0.3) is 10.9 Å². The van der Waals surface area contributed by atoms with E-state index in [9.17, 15) is 4.79 Å². The predicted octanol–water partition coefficient (Wildman–Crippen LogP) is 4.37. The van der Waals surface area contributed by atoms with Gasteiger partial charge in [-0.3, -0.25) is 4.79 Å². The number of H-pyrrole nitrogens is 1. The number of fused-ring (bicyclic) bond motifs is 1. The van der Waals surface area contributed by atoms with Crippen molar-refractivity contribution in [1.29, 1.82) is 0 Å². The zero-order chi connectivity index (χ0) is 18.1. The summed E-state index contributed by atoms with van der Waals surface area (Å²) in [6.07, 6.45) is 2.29. The van der Waals surface area contributed by atoms with Crippen molar-refractivity contribution in [3.8, 4) is 0 Å². The standard InChI is InChI=1S/C20H19Cl2N3O/c21-15-2-1-3-17(11-15)24-6-8-25(9-7-24)20(26)10-14-13-23-19-5-4-16(22)12-18(14)19/h1-5,11-13,23H,6-10H2. The number of hydrogen-bond donors (Lipinski definition) is 1. The minimum absolute atomic E-state index is 0.150. The van der Waals surface area contributed by atoms with E-state index < -0.39 is 0 Å². The van der Waals surface area contributed by atoms with Crippen molar-refractivity contribution in [2.45, 2.75) is 6.42 Å². The summed E-state index contributed by atoms with van der Waals surface area (Å²) >= 11 is 12.2. The first-order valence-electron chi connectivity index (χ1n) is 8.64. The Balaban J connectivity index is 1.41. The summed E-state index contributed by atoms with van der Waals surface area (Å²) in [5, 5.41) is 2.43. The molecule has 26 heavy (non-hydrogen) atoms. The van der Waals surface area contributed by atoms with Crippen LogP contribution in [0.3, 0.4) is 0 Å². The summed E-state index contributed by atoms with van der Waals surface area (Å²) < 4.78 is 0. The molecule has 2 heterocycles. The minimum atomic E-state index is 0.150. The molecule has 1 saturated heterocycles. The molecule has 3 aromatic rings. The summed E-state index contributed by atoms with van der Waals surface area (Å²) in [5.41, 5.74) is 3.10. The number of hydrogen-bond acceptors (Lipinski definition) is 2. The average molecular weight is 388 g/mol. The molecule has 1 aromatic heterocycles. The number of amides is 1. The predicted molar refractivity (Wildman–Crippen MR) is 107 cm³/mol. The third-order valence-electron chi connectivity index (χ3n) is 4.88. The third kappa shape index (κ3) is 3.53. The summed E-state index contributed by atoms with van der Waals surface area (Å²) in [7, 11) is 0. The molecular weight excluding hydrogens is 369 g/mol. The lowest BCUT2D eigenvalue weighted by atomic mass is 10.1. The smallest absolute Gasteiger partial charge is 0.227 e. The SMILES string of the molecule is O=C(Cc1c[nH]c2ccc(Cl)cc12)N1CCN(c2cccc(Cl)c2)CC1. The van der Waals surface area contributed by atoms with Crippen molar-refractivity contribution in [1.82, 2.24) is 9.88 Å². The van der Waals surface area contributed by atoms with Crippen molar-refractivity contribution in [2.24, 2.45) is 0 Å². The van der Waals surface area contributed by atoms with Gasteiger partial charge in [0.25, 0.3) is 0 Å². The number of rotatable bonds is 3. The van der Waals surface area contributed by atoms with Gasteiger partial charge in [0.2, 0.25) is 5.91 Å². The van der Waals surface area contributed by atoms with E-state index in [0.717, 1.165) is 40.3 Å². The van der Waals surface area contributed by atoms with Gasteiger partial charge in [-0.25, -0.2) is 0 Å². The molecule has 0 radical (unpaired) electrons. The highest BCUT2D eigenvalue weighted by molar-refractivity contribution is 6.31. The highest BCUT2D eigenvalue weighted by Crippen LogP contribution is 2.24. The fourth-order valence-electron chi connectivity index (χ4n) is 3.46. The lowest BCUT2D eigenvalue weighted by Crippen LogP contribution is -2.49. The number of aromatic nitrogens is 1. The Morgan fingerprint density at radius 1 is 1.00 bits per heavy atom. The number of anilines is 1. The Morgan fingerprint density at radius 2 is 1.77 bits per heavy atom. The van der Waals surface area contributed by atoms with E-state index in [2.05, 4.69) is 16.0 Å². The number of benzene rings is 2. The molecule has 2 aromatic carbocycles. The molecule has 1 aliphatic heterocycles. The first-order valence-corrected chi connectivity index (χ1v) is 9.39. The Morgan fingerprint density at radius 3 is 2.54 bits per heavy atom. The highest BCUT2D eigenvalue weighted by atomic mass is 35.5. The van der Waals surface area contributed by atoms with Gasteiger partial charge in [-0.2, -0.15) is 0 Å². The molecule has 1 N–H and O–H groups in total. The van der Waals surface area contributed by atoms with Crippen molar-refractivity contribution in [3.05, 3.63) is 64.3 Å². The lowest BCUT2D eigenvalue weighted by molar-refractivity contribution is -0.130. The maximum Gasteiger partial charge on any atom is 0.227 e. The Labute approximate surface area is 162 Å². The monoisotopic (exact) mass is 387 g/mol. The molecule has 1 aliphatic rings. The number of carbonyl (C=O) groups excluding carboxylic acids is 1. The second-order valence-electron chi connectivity index (χ2n) is 6.53. The molecule has 4 nitrogen and oxygen atoms in total. The maximum atomic E-state index is 12.7. The largest absolute Gasteiger partial charge is 0.368 e. The zero-order valence-corrected chi connectivity index (χ0v) is 15.7. The average Bonchev–Trinajstić information content (AvgIpc) is 3.04. The number of aromatic amines is 1. The molecule has 0 bridgehead atoms. The number of halogens is 2. The summed E-state index contributed by atoms with van der Waals surface area (Å²) in [6, 6.07) is 13.5. The third-order valence-corrected chi connectivity index (χ3v) is 5.35. The van der Waals surface area contributed by atoms with Crippen LogP contribution in [0.2, 0.25) is 10.0 Å². The quantitative estimate of drug-likeness (QED) is 0.724. The molecule has 6 heteroatoms. The molecule has 1 fully saturated rings. The summed E-state index contributed by atoms with van der Waals surface area (Å²) in [5.74, 6) is 0.150. The molecule has 1 amide bonds. The number of piperazine rings is 1. The van der Waals surface area contributed by atoms with Gasteiger partial charge in [-0.05, 0) is 42.0 Å². The van der Waals surface area contributed by atoms with Crippen LogP contribution in [-0.4, -0.2) is 42.0 Å². The fraction of sp³-hybridized carbons (Fsp3) is 0.250. The van der Waals surface area contributed by atoms with E-state index in [0.29, 0.717) is 24.5 Å². The van der Waals surface area contributed by atoms with Gasteiger partial charge in [-0.1, -0.05) is 29.3 Å². The molecule has 4 rings (SSSR count). The number of nitrogens with one attached hydrogen (secondary N) is 1. The molecule has 0 unspecified atom stereocenters. The molecule has 0 atom stereocenters. The van der Waals surface area contributed by atoms with E-state index >= 15 is 0 Å². The molecule has 0 aliphatic carbocycles. The second-order valence-corrected chi connectivity index (χ2v) is 7.40. The van der Waals surface area contributed by atoms with Crippen LogP contribution in [-0.2, 0) is 11.2 Å². The van der Waals surface area contributed by atoms with Gasteiger partial charge in [0.15, 0.2) is 0 Å². The van der Waals surface area contributed by atoms with Gasteiger partial charge < -0.3 is 14.8 Å². The first-order chi connectivity index (χ1) is 12.6. The van der Waals surface area contributed by atoms with Crippen LogP contribution in [0.5, 0.6) is 0 Å². The van der Waals surface area contributed by atoms with Gasteiger partial charge in [0.1, 0.15) is 0 Å².